The fraction of sp³-hybridized carbons (Fsp3) is 0.588. The summed E-state index contributed by atoms with van der Waals surface area (Å²) in [4.78, 5) is 14.3. The fourth-order valence-corrected chi connectivity index (χ4v) is 5.33. The molecule has 0 amide bonds. The van der Waals surface area contributed by atoms with Crippen LogP contribution in [-0.2, 0) is 11.2 Å². The van der Waals surface area contributed by atoms with Crippen LogP contribution in [0, 0.1) is 0 Å². The molecule has 2 unspecified atom stereocenters. The molecule has 3 rings (SSSR count). The van der Waals surface area contributed by atoms with Crippen LogP contribution in [0.1, 0.15) is 37.7 Å². The Morgan fingerprint density at radius 2 is 2.05 bits per heavy atom. The normalized spacial score (nSPS) is 28.0. The first kappa shape index (κ1) is 16.2. The Balaban J connectivity index is 1.62. The van der Waals surface area contributed by atoms with Crippen molar-refractivity contribution in [2.45, 2.75) is 60.8 Å². The number of hydrogen-bond donors (Lipinski definition) is 1. The van der Waals surface area contributed by atoms with Gasteiger partial charge in [-0.15, -0.1) is 11.8 Å². The van der Waals surface area contributed by atoms with Crippen molar-refractivity contribution < 1.29 is 9.90 Å². The van der Waals surface area contributed by atoms with Gasteiger partial charge in [-0.05, 0) is 56.8 Å². The van der Waals surface area contributed by atoms with E-state index in [9.17, 15) is 4.79 Å². The number of hydrogen-bond acceptors (Lipinski definition) is 3. The van der Waals surface area contributed by atoms with Gasteiger partial charge in [0.1, 0.15) is 0 Å². The summed E-state index contributed by atoms with van der Waals surface area (Å²) in [6.45, 7) is 0. The highest BCUT2D eigenvalue weighted by Crippen LogP contribution is 2.43. The second-order valence-electron chi connectivity index (χ2n) is 6.42. The van der Waals surface area contributed by atoms with Gasteiger partial charge in [0.15, 0.2) is 0 Å². The molecular formula is C17H22ClNO2S. The molecule has 120 valence electrons. The van der Waals surface area contributed by atoms with Crippen molar-refractivity contribution in [2.75, 3.05) is 7.05 Å². The summed E-state index contributed by atoms with van der Waals surface area (Å²) >= 11 is 8.30. The van der Waals surface area contributed by atoms with Gasteiger partial charge < -0.3 is 10.0 Å². The first-order chi connectivity index (χ1) is 10.5. The molecule has 0 aromatic heterocycles. The molecule has 2 bridgehead atoms. The van der Waals surface area contributed by atoms with Gasteiger partial charge in [-0.25, -0.2) is 0 Å². The van der Waals surface area contributed by atoms with Gasteiger partial charge in [0, 0.05) is 28.6 Å². The molecular weight excluding hydrogens is 318 g/mol. The number of thioether (sulfide) groups is 1. The zero-order chi connectivity index (χ0) is 15.7. The van der Waals surface area contributed by atoms with Crippen LogP contribution in [0.2, 0.25) is 5.02 Å². The highest BCUT2D eigenvalue weighted by molar-refractivity contribution is 8.00. The molecule has 0 saturated carbocycles. The molecule has 1 N–H and O–H groups in total. The third-order valence-electron chi connectivity index (χ3n) is 4.97. The molecule has 2 saturated heterocycles. The number of aryl methyl sites for hydroxylation is 1. The molecule has 3 nitrogen and oxygen atoms in total. The number of carboxylic acids is 1. The van der Waals surface area contributed by atoms with Gasteiger partial charge in [0.25, 0.3) is 0 Å². The van der Waals surface area contributed by atoms with E-state index in [1.54, 1.807) is 0 Å². The van der Waals surface area contributed by atoms with Crippen molar-refractivity contribution >= 4 is 29.3 Å². The first-order valence-electron chi connectivity index (χ1n) is 7.91. The van der Waals surface area contributed by atoms with E-state index in [2.05, 4.69) is 18.0 Å². The molecule has 2 heterocycles. The molecule has 1 aromatic rings. The number of piperidine rings is 1. The summed E-state index contributed by atoms with van der Waals surface area (Å²) in [7, 11) is 2.26. The third-order valence-corrected chi connectivity index (χ3v) is 6.73. The van der Waals surface area contributed by atoms with Gasteiger partial charge in [-0.1, -0.05) is 17.7 Å². The second-order valence-corrected chi connectivity index (χ2v) is 8.17. The molecule has 2 aliphatic rings. The molecule has 0 spiro atoms. The monoisotopic (exact) mass is 339 g/mol. The molecule has 22 heavy (non-hydrogen) atoms. The van der Waals surface area contributed by atoms with E-state index < -0.39 is 5.97 Å². The summed E-state index contributed by atoms with van der Waals surface area (Å²) < 4.78 is 0. The zero-order valence-corrected chi connectivity index (χ0v) is 14.4. The van der Waals surface area contributed by atoms with Crippen LogP contribution in [0.25, 0.3) is 0 Å². The number of fused-ring (bicyclic) bond motifs is 2. The second kappa shape index (κ2) is 6.81. The first-order valence-corrected chi connectivity index (χ1v) is 9.17. The van der Waals surface area contributed by atoms with Crippen molar-refractivity contribution in [3.63, 3.8) is 0 Å². The minimum absolute atomic E-state index is 0.154. The Morgan fingerprint density at radius 1 is 1.36 bits per heavy atom. The predicted octanol–water partition coefficient (Wildman–Crippen LogP) is 4.07. The van der Waals surface area contributed by atoms with Crippen LogP contribution >= 0.6 is 23.4 Å². The van der Waals surface area contributed by atoms with Crippen LogP contribution in [0.3, 0.4) is 0 Å². The van der Waals surface area contributed by atoms with Crippen LogP contribution in [-0.4, -0.2) is 40.4 Å². The molecule has 1 aromatic carbocycles. The fourth-order valence-electron chi connectivity index (χ4n) is 3.68. The van der Waals surface area contributed by atoms with E-state index in [1.807, 2.05) is 23.9 Å². The van der Waals surface area contributed by atoms with Crippen LogP contribution in [0.5, 0.6) is 0 Å². The average Bonchev–Trinajstić information content (AvgIpc) is 2.70. The van der Waals surface area contributed by atoms with E-state index >= 15 is 0 Å². The van der Waals surface area contributed by atoms with Gasteiger partial charge in [0.2, 0.25) is 0 Å². The van der Waals surface area contributed by atoms with E-state index in [0.29, 0.717) is 11.7 Å². The molecule has 0 aliphatic carbocycles. The van der Waals surface area contributed by atoms with Crippen molar-refractivity contribution in [1.29, 1.82) is 0 Å². The summed E-state index contributed by atoms with van der Waals surface area (Å²) in [5.41, 5.74) is 1.00. The van der Waals surface area contributed by atoms with E-state index in [4.69, 9.17) is 16.7 Å². The van der Waals surface area contributed by atoms with E-state index in [-0.39, 0.29) is 6.42 Å². The van der Waals surface area contributed by atoms with Crippen molar-refractivity contribution in [1.82, 2.24) is 4.90 Å². The number of aliphatic carboxylic acids is 1. The highest BCUT2D eigenvalue weighted by atomic mass is 35.5. The third kappa shape index (κ3) is 3.61. The molecule has 2 fully saturated rings. The van der Waals surface area contributed by atoms with Gasteiger partial charge in [0.05, 0.1) is 5.02 Å². The number of halogens is 1. The largest absolute Gasteiger partial charge is 0.481 e. The number of benzene rings is 1. The molecule has 0 radical (unpaired) electrons. The van der Waals surface area contributed by atoms with E-state index in [1.165, 1.54) is 25.7 Å². The standard InChI is InChI=1S/C17H22ClNO2S/c1-19-12-4-5-13(19)10-14(9-12)22-16-6-2-11(8-15(16)18)3-7-17(20)21/h2,6,8,12-14H,3-5,7,9-10H2,1H3,(H,20,21). The maximum atomic E-state index is 10.6. The minimum atomic E-state index is -0.767. The smallest absolute Gasteiger partial charge is 0.303 e. The number of nitrogens with zero attached hydrogens (tertiary/aromatic N) is 1. The molecule has 5 heteroatoms. The Bertz CT molecular complexity index is 552. The predicted molar refractivity (Wildman–Crippen MR) is 90.9 cm³/mol. The SMILES string of the molecule is CN1C2CCC1CC(Sc1ccc(CCC(=O)O)cc1Cl)C2. The Kier molecular flexibility index (Phi) is 5.00. The Labute approximate surface area is 141 Å². The lowest BCUT2D eigenvalue weighted by Crippen LogP contribution is -2.40. The molecule has 2 atom stereocenters. The van der Waals surface area contributed by atoms with Gasteiger partial charge in [-0.3, -0.25) is 4.79 Å². The van der Waals surface area contributed by atoms with Crippen LogP contribution in [0.15, 0.2) is 23.1 Å². The minimum Gasteiger partial charge on any atom is -0.481 e. The number of carbonyl (C=O) groups is 1. The highest BCUT2D eigenvalue weighted by Gasteiger charge is 2.38. The van der Waals surface area contributed by atoms with Crippen molar-refractivity contribution in [3.8, 4) is 0 Å². The average molecular weight is 340 g/mol. The summed E-state index contributed by atoms with van der Waals surface area (Å²) in [5, 5.41) is 10.2. The number of carboxylic acid groups (broad SMARTS) is 1. The number of rotatable bonds is 5. The lowest BCUT2D eigenvalue weighted by molar-refractivity contribution is -0.136. The van der Waals surface area contributed by atoms with Crippen molar-refractivity contribution in [3.05, 3.63) is 28.8 Å². The maximum absolute atomic E-state index is 10.6. The lowest BCUT2D eigenvalue weighted by atomic mass is 10.0. The van der Waals surface area contributed by atoms with Crippen molar-refractivity contribution in [2.24, 2.45) is 0 Å². The maximum Gasteiger partial charge on any atom is 0.303 e. The van der Waals surface area contributed by atoms with Gasteiger partial charge in [-0.2, -0.15) is 0 Å². The summed E-state index contributed by atoms with van der Waals surface area (Å²) in [6, 6.07) is 7.48. The van der Waals surface area contributed by atoms with Gasteiger partial charge >= 0.3 is 5.97 Å². The lowest BCUT2D eigenvalue weighted by Gasteiger charge is -2.36. The quantitative estimate of drug-likeness (QED) is 0.877. The van der Waals surface area contributed by atoms with E-state index in [0.717, 1.165) is 27.6 Å². The van der Waals surface area contributed by atoms with Crippen LogP contribution in [0.4, 0.5) is 0 Å². The topological polar surface area (TPSA) is 40.5 Å². The summed E-state index contributed by atoms with van der Waals surface area (Å²) in [6.07, 6.45) is 5.85. The summed E-state index contributed by atoms with van der Waals surface area (Å²) in [5.74, 6) is -0.767. The molecule has 2 aliphatic heterocycles. The Morgan fingerprint density at radius 3 is 2.64 bits per heavy atom. The zero-order valence-electron chi connectivity index (χ0n) is 12.8. The van der Waals surface area contributed by atoms with Crippen LogP contribution < -0.4 is 0 Å². The Hall–Kier alpha value is -0.710.